The Hall–Kier alpha value is -4.26. The Morgan fingerprint density at radius 2 is 1.25 bits per heavy atom. The maximum atomic E-state index is 12.4. The summed E-state index contributed by atoms with van der Waals surface area (Å²) >= 11 is 0. The van der Waals surface area contributed by atoms with Gasteiger partial charge in [-0.25, -0.2) is 4.79 Å². The van der Waals surface area contributed by atoms with Crippen molar-refractivity contribution in [2.45, 2.75) is 0 Å². The van der Waals surface area contributed by atoms with Crippen molar-refractivity contribution in [2.24, 2.45) is 0 Å². The van der Waals surface area contributed by atoms with Crippen molar-refractivity contribution in [3.8, 4) is 0 Å². The summed E-state index contributed by atoms with van der Waals surface area (Å²) in [5.41, 5.74) is 2.20. The van der Waals surface area contributed by atoms with Gasteiger partial charge >= 0.3 is 5.97 Å². The SMILES string of the molecule is CN(C)C(=O)c1ccc(NC(=O)COC(=O)c2ccc(C(=O)c3ccccc3)cc2)cc1. The van der Waals surface area contributed by atoms with Crippen LogP contribution in [0.3, 0.4) is 0 Å². The van der Waals surface area contributed by atoms with Crippen LogP contribution in [-0.2, 0) is 9.53 Å². The van der Waals surface area contributed by atoms with Gasteiger partial charge in [-0.05, 0) is 36.4 Å². The third-order valence-electron chi connectivity index (χ3n) is 4.57. The van der Waals surface area contributed by atoms with Gasteiger partial charge < -0.3 is 15.0 Å². The average Bonchev–Trinajstić information content (AvgIpc) is 2.82. The predicted octanol–water partition coefficient (Wildman–Crippen LogP) is 3.41. The number of nitrogens with one attached hydrogen (secondary N) is 1. The number of hydrogen-bond donors (Lipinski definition) is 1. The molecular weight excluding hydrogens is 408 g/mol. The number of amides is 2. The van der Waals surface area contributed by atoms with E-state index in [9.17, 15) is 19.2 Å². The van der Waals surface area contributed by atoms with Gasteiger partial charge in [0.25, 0.3) is 11.8 Å². The number of carbonyl (C=O) groups is 4. The first-order valence-electron chi connectivity index (χ1n) is 9.83. The van der Waals surface area contributed by atoms with E-state index < -0.39 is 18.5 Å². The Balaban J connectivity index is 1.52. The van der Waals surface area contributed by atoms with Crippen LogP contribution in [0.25, 0.3) is 0 Å². The lowest BCUT2D eigenvalue weighted by atomic mass is 10.0. The second-order valence-corrected chi connectivity index (χ2v) is 7.17. The summed E-state index contributed by atoms with van der Waals surface area (Å²) < 4.78 is 5.04. The van der Waals surface area contributed by atoms with Crippen molar-refractivity contribution >= 4 is 29.3 Å². The normalized spacial score (nSPS) is 10.2. The van der Waals surface area contributed by atoms with Gasteiger partial charge in [-0.1, -0.05) is 42.5 Å². The molecule has 0 saturated carbocycles. The number of ether oxygens (including phenoxy) is 1. The molecule has 0 atom stereocenters. The Morgan fingerprint density at radius 3 is 1.84 bits per heavy atom. The zero-order valence-corrected chi connectivity index (χ0v) is 17.7. The average molecular weight is 430 g/mol. The van der Waals surface area contributed by atoms with E-state index >= 15 is 0 Å². The molecule has 0 aliphatic heterocycles. The van der Waals surface area contributed by atoms with Crippen molar-refractivity contribution in [3.05, 3.63) is 101 Å². The van der Waals surface area contributed by atoms with Crippen molar-refractivity contribution in [1.82, 2.24) is 4.90 Å². The Bertz CT molecular complexity index is 1120. The van der Waals surface area contributed by atoms with Gasteiger partial charge in [0, 0.05) is 36.5 Å². The molecule has 0 radical (unpaired) electrons. The molecule has 0 fully saturated rings. The van der Waals surface area contributed by atoms with Gasteiger partial charge in [0.15, 0.2) is 12.4 Å². The Morgan fingerprint density at radius 1 is 0.719 bits per heavy atom. The van der Waals surface area contributed by atoms with Crippen molar-refractivity contribution < 1.29 is 23.9 Å². The monoisotopic (exact) mass is 430 g/mol. The van der Waals surface area contributed by atoms with E-state index in [0.29, 0.717) is 22.4 Å². The van der Waals surface area contributed by atoms with E-state index in [4.69, 9.17) is 4.74 Å². The molecule has 0 aromatic heterocycles. The molecule has 162 valence electrons. The third-order valence-corrected chi connectivity index (χ3v) is 4.57. The molecule has 3 aromatic carbocycles. The smallest absolute Gasteiger partial charge is 0.338 e. The summed E-state index contributed by atoms with van der Waals surface area (Å²) in [7, 11) is 3.31. The van der Waals surface area contributed by atoms with E-state index in [1.54, 1.807) is 74.8 Å². The molecule has 0 bridgehead atoms. The molecule has 7 nitrogen and oxygen atoms in total. The molecule has 7 heteroatoms. The molecule has 32 heavy (non-hydrogen) atoms. The van der Waals surface area contributed by atoms with Gasteiger partial charge in [0.2, 0.25) is 0 Å². The second-order valence-electron chi connectivity index (χ2n) is 7.17. The zero-order chi connectivity index (χ0) is 23.1. The van der Waals surface area contributed by atoms with Gasteiger partial charge in [-0.3, -0.25) is 14.4 Å². The zero-order valence-electron chi connectivity index (χ0n) is 17.7. The molecular formula is C25H22N2O5. The maximum Gasteiger partial charge on any atom is 0.338 e. The molecule has 0 aliphatic rings. The van der Waals surface area contributed by atoms with Crippen LogP contribution in [0, 0.1) is 0 Å². The van der Waals surface area contributed by atoms with Crippen LogP contribution in [-0.4, -0.2) is 49.2 Å². The highest BCUT2D eigenvalue weighted by Crippen LogP contribution is 2.13. The summed E-state index contributed by atoms with van der Waals surface area (Å²) in [5.74, 6) is -1.48. The first-order valence-corrected chi connectivity index (χ1v) is 9.83. The third kappa shape index (κ3) is 5.66. The number of benzene rings is 3. The summed E-state index contributed by atoms with van der Waals surface area (Å²) in [6, 6.07) is 21.3. The lowest BCUT2D eigenvalue weighted by molar-refractivity contribution is -0.119. The number of nitrogens with zero attached hydrogens (tertiary/aromatic N) is 1. The largest absolute Gasteiger partial charge is 0.452 e. The van der Waals surface area contributed by atoms with E-state index in [1.165, 1.54) is 17.0 Å². The fourth-order valence-electron chi connectivity index (χ4n) is 2.88. The molecule has 0 saturated heterocycles. The number of hydrogen-bond acceptors (Lipinski definition) is 5. The predicted molar refractivity (Wildman–Crippen MR) is 120 cm³/mol. The van der Waals surface area contributed by atoms with Crippen LogP contribution >= 0.6 is 0 Å². The number of anilines is 1. The van der Waals surface area contributed by atoms with Gasteiger partial charge in [0.05, 0.1) is 5.56 Å². The number of carbonyl (C=O) groups excluding carboxylic acids is 4. The fourth-order valence-corrected chi connectivity index (χ4v) is 2.88. The van der Waals surface area contributed by atoms with Crippen LogP contribution in [0.15, 0.2) is 78.9 Å². The number of esters is 1. The van der Waals surface area contributed by atoms with Gasteiger partial charge in [-0.2, -0.15) is 0 Å². The highest BCUT2D eigenvalue weighted by atomic mass is 16.5. The minimum Gasteiger partial charge on any atom is -0.452 e. The maximum absolute atomic E-state index is 12.4. The highest BCUT2D eigenvalue weighted by Gasteiger charge is 2.13. The van der Waals surface area contributed by atoms with Crippen LogP contribution in [0.5, 0.6) is 0 Å². The minimum absolute atomic E-state index is 0.145. The molecule has 3 aromatic rings. The topological polar surface area (TPSA) is 92.8 Å². The van der Waals surface area contributed by atoms with Gasteiger partial charge in [0.1, 0.15) is 0 Å². The van der Waals surface area contributed by atoms with Crippen LogP contribution < -0.4 is 5.32 Å². The van der Waals surface area contributed by atoms with Crippen molar-refractivity contribution in [2.75, 3.05) is 26.0 Å². The van der Waals surface area contributed by atoms with E-state index in [2.05, 4.69) is 5.32 Å². The number of ketones is 1. The summed E-state index contributed by atoms with van der Waals surface area (Å²) in [6.07, 6.45) is 0. The van der Waals surface area contributed by atoms with Gasteiger partial charge in [-0.15, -0.1) is 0 Å². The molecule has 0 unspecified atom stereocenters. The van der Waals surface area contributed by atoms with Crippen molar-refractivity contribution in [3.63, 3.8) is 0 Å². The molecule has 1 N–H and O–H groups in total. The first-order chi connectivity index (χ1) is 15.3. The highest BCUT2D eigenvalue weighted by molar-refractivity contribution is 6.09. The molecule has 3 rings (SSSR count). The van der Waals surface area contributed by atoms with Crippen LogP contribution in [0.4, 0.5) is 5.69 Å². The van der Waals surface area contributed by atoms with Crippen molar-refractivity contribution in [1.29, 1.82) is 0 Å². The van der Waals surface area contributed by atoms with Crippen LogP contribution in [0.1, 0.15) is 36.6 Å². The van der Waals surface area contributed by atoms with E-state index in [0.717, 1.165) is 0 Å². The quantitative estimate of drug-likeness (QED) is 0.458. The van der Waals surface area contributed by atoms with Crippen LogP contribution in [0.2, 0.25) is 0 Å². The number of rotatable bonds is 7. The fraction of sp³-hybridized carbons (Fsp3) is 0.120. The lowest BCUT2D eigenvalue weighted by Crippen LogP contribution is -2.22. The Labute approximate surface area is 185 Å². The molecule has 2 amide bonds. The second kappa shape index (κ2) is 10.2. The van der Waals surface area contributed by atoms with E-state index in [1.807, 2.05) is 6.07 Å². The standard InChI is InChI=1S/C25H22N2O5/c1-27(2)24(30)19-12-14-21(15-13-19)26-22(28)16-32-25(31)20-10-8-18(9-11-20)23(29)17-6-4-3-5-7-17/h3-15H,16H2,1-2H3,(H,26,28). The Kier molecular flexibility index (Phi) is 7.13. The summed E-state index contributed by atoms with van der Waals surface area (Å²) in [4.78, 5) is 50.0. The first kappa shape index (κ1) is 22.4. The molecule has 0 heterocycles. The summed E-state index contributed by atoms with van der Waals surface area (Å²) in [5, 5.41) is 2.60. The molecule has 0 aliphatic carbocycles. The summed E-state index contributed by atoms with van der Waals surface area (Å²) in [6.45, 7) is -0.470. The van der Waals surface area contributed by atoms with E-state index in [-0.39, 0.29) is 17.3 Å². The lowest BCUT2D eigenvalue weighted by Gasteiger charge is -2.11. The minimum atomic E-state index is -0.675. The molecule has 0 spiro atoms.